The van der Waals surface area contributed by atoms with Crippen molar-refractivity contribution in [1.82, 2.24) is 0 Å². The minimum Gasteiger partial charge on any atom is -0.493 e. The van der Waals surface area contributed by atoms with Crippen LogP contribution in [0.3, 0.4) is 0 Å². The molecule has 0 bridgehead atoms. The first-order chi connectivity index (χ1) is 20.6. The topological polar surface area (TPSA) is 78.9 Å². The van der Waals surface area contributed by atoms with Crippen molar-refractivity contribution in [2.75, 3.05) is 27.4 Å². The molecule has 2 aromatic carbocycles. The Morgan fingerprint density at radius 1 is 0.909 bits per heavy atom. The van der Waals surface area contributed by atoms with Crippen molar-refractivity contribution in [3.05, 3.63) is 70.8 Å². The van der Waals surface area contributed by atoms with Gasteiger partial charge in [0.1, 0.15) is 17.8 Å². The van der Waals surface area contributed by atoms with E-state index < -0.39 is 20.0 Å². The zero-order valence-corrected chi connectivity index (χ0v) is 29.5. The zero-order chi connectivity index (χ0) is 32.3. The molecule has 1 N–H and O–H groups in total. The molecule has 0 spiro atoms. The Morgan fingerprint density at radius 2 is 1.57 bits per heavy atom. The molecule has 1 aliphatic heterocycles. The highest BCUT2D eigenvalue weighted by Gasteiger charge is 2.59. The van der Waals surface area contributed by atoms with Crippen LogP contribution in [0.25, 0.3) is 0 Å². The number of hydrogen-bond acceptors (Lipinski definition) is 7. The Labute approximate surface area is 266 Å². The van der Waals surface area contributed by atoms with Gasteiger partial charge in [-0.3, -0.25) is 0 Å². The van der Waals surface area contributed by atoms with E-state index >= 15 is 0 Å². The Bertz CT molecular complexity index is 1280. The fourth-order valence-corrected chi connectivity index (χ4v) is 7.12. The second-order valence-electron chi connectivity index (χ2n) is 14.7. The van der Waals surface area contributed by atoms with Gasteiger partial charge in [-0.1, -0.05) is 71.0 Å². The summed E-state index contributed by atoms with van der Waals surface area (Å²) in [6, 6.07) is 15.9. The molecule has 244 valence electrons. The Morgan fingerprint density at radius 3 is 2.20 bits per heavy atom. The van der Waals surface area contributed by atoms with Crippen LogP contribution < -0.4 is 9.47 Å². The fourth-order valence-electron chi connectivity index (χ4n) is 5.81. The molecular formula is C36H54O7Si. The number of ether oxygens (including phenoxy) is 5. The molecular weight excluding hydrogens is 572 g/mol. The molecule has 7 nitrogen and oxygen atoms in total. The van der Waals surface area contributed by atoms with Gasteiger partial charge in [0, 0.05) is 0 Å². The van der Waals surface area contributed by atoms with E-state index in [-0.39, 0.29) is 22.7 Å². The van der Waals surface area contributed by atoms with Gasteiger partial charge in [-0.05, 0) is 77.7 Å². The van der Waals surface area contributed by atoms with Gasteiger partial charge >= 0.3 is 0 Å². The number of methoxy groups -OCH3 is 2. The van der Waals surface area contributed by atoms with Gasteiger partial charge in [0.2, 0.25) is 0 Å². The van der Waals surface area contributed by atoms with Crippen LogP contribution in [0.4, 0.5) is 0 Å². The number of aliphatic hydroxyl groups is 1. The average Bonchev–Trinajstić information content (AvgIpc) is 3.65. The standard InChI is InChI=1S/C36H54O7Si/c1-34(2,3)44(9,10)43-29-18-19-35(4,5)27(23-40-22-26-16-17-28(38-7)30(20-26)39-8)31(29)32(37)33-36(6,42-33)24-41-21-25-14-12-11-13-15-25/h11-17,20,29,32-33,37H,18-19,21-24H2,1-10H3/t29-,32?,33-,36-/m1/s1. The van der Waals surface area contributed by atoms with Crippen molar-refractivity contribution in [3.63, 3.8) is 0 Å². The summed E-state index contributed by atoms with van der Waals surface area (Å²) in [5.41, 5.74) is 3.38. The van der Waals surface area contributed by atoms with E-state index in [1.165, 1.54) is 0 Å². The van der Waals surface area contributed by atoms with E-state index in [2.05, 4.69) is 59.8 Å². The van der Waals surface area contributed by atoms with Crippen molar-refractivity contribution in [3.8, 4) is 11.5 Å². The molecule has 1 fully saturated rings. The highest BCUT2D eigenvalue weighted by molar-refractivity contribution is 6.74. The molecule has 0 saturated carbocycles. The summed E-state index contributed by atoms with van der Waals surface area (Å²) in [6.45, 7) is 19.5. The fraction of sp³-hybridized carbons (Fsp3) is 0.611. The molecule has 4 atom stereocenters. The van der Waals surface area contributed by atoms with Crippen molar-refractivity contribution < 1.29 is 33.2 Å². The lowest BCUT2D eigenvalue weighted by Gasteiger charge is -2.46. The molecule has 1 unspecified atom stereocenters. The summed E-state index contributed by atoms with van der Waals surface area (Å²) in [7, 11) is 1.12. The van der Waals surface area contributed by atoms with Crippen LogP contribution in [0.5, 0.6) is 11.5 Å². The van der Waals surface area contributed by atoms with E-state index in [0.29, 0.717) is 37.9 Å². The molecule has 4 rings (SSSR count). The van der Waals surface area contributed by atoms with E-state index in [1.807, 2.05) is 43.3 Å². The summed E-state index contributed by atoms with van der Waals surface area (Å²) in [4.78, 5) is 0. The number of rotatable bonds is 14. The third-order valence-corrected chi connectivity index (χ3v) is 14.3. The highest BCUT2D eigenvalue weighted by Crippen LogP contribution is 2.50. The van der Waals surface area contributed by atoms with Gasteiger partial charge in [0.05, 0.1) is 46.8 Å². The van der Waals surface area contributed by atoms with Crippen molar-refractivity contribution in [2.45, 2.75) is 110 Å². The van der Waals surface area contributed by atoms with Gasteiger partial charge in [-0.15, -0.1) is 0 Å². The van der Waals surface area contributed by atoms with E-state index in [1.54, 1.807) is 14.2 Å². The van der Waals surface area contributed by atoms with Crippen molar-refractivity contribution in [1.29, 1.82) is 0 Å². The molecule has 0 aromatic heterocycles. The van der Waals surface area contributed by atoms with E-state index in [4.69, 9.17) is 28.1 Å². The largest absolute Gasteiger partial charge is 0.493 e. The zero-order valence-electron chi connectivity index (χ0n) is 28.5. The smallest absolute Gasteiger partial charge is 0.192 e. The summed E-state index contributed by atoms with van der Waals surface area (Å²) >= 11 is 0. The molecule has 8 heteroatoms. The monoisotopic (exact) mass is 626 g/mol. The van der Waals surface area contributed by atoms with Crippen LogP contribution in [-0.2, 0) is 31.9 Å². The lowest BCUT2D eigenvalue weighted by atomic mass is 9.70. The third-order valence-electron chi connectivity index (χ3n) is 9.80. The molecule has 2 aromatic rings. The summed E-state index contributed by atoms with van der Waals surface area (Å²) < 4.78 is 36.6. The van der Waals surface area contributed by atoms with Crippen LogP contribution in [-0.4, -0.2) is 64.8 Å². The van der Waals surface area contributed by atoms with E-state index in [9.17, 15) is 5.11 Å². The molecule has 1 aliphatic carbocycles. The predicted molar refractivity (Wildman–Crippen MR) is 177 cm³/mol. The SMILES string of the molecule is COc1ccc(COCC2=C(C(O)[C@H]3O[C@]3(C)COCc3ccccc3)[C@H](O[Si](C)(C)C(C)(C)C)CCC2(C)C)cc1OC. The first-order valence-electron chi connectivity index (χ1n) is 15.8. The molecule has 0 amide bonds. The van der Waals surface area contributed by atoms with Crippen LogP contribution in [0.1, 0.15) is 65.5 Å². The maximum absolute atomic E-state index is 12.1. The minimum absolute atomic E-state index is 0.0377. The highest BCUT2D eigenvalue weighted by atomic mass is 28.4. The lowest BCUT2D eigenvalue weighted by Crippen LogP contribution is -2.48. The van der Waals surface area contributed by atoms with Gasteiger partial charge in [-0.2, -0.15) is 0 Å². The molecule has 44 heavy (non-hydrogen) atoms. The molecule has 0 radical (unpaired) electrons. The normalized spacial score (nSPS) is 24.2. The average molecular weight is 627 g/mol. The van der Waals surface area contributed by atoms with Gasteiger partial charge in [0.15, 0.2) is 19.8 Å². The van der Waals surface area contributed by atoms with Gasteiger partial charge in [-0.25, -0.2) is 0 Å². The third kappa shape index (κ3) is 7.95. The van der Waals surface area contributed by atoms with Crippen molar-refractivity contribution in [2.24, 2.45) is 5.41 Å². The van der Waals surface area contributed by atoms with Gasteiger partial charge < -0.3 is 33.2 Å². The maximum atomic E-state index is 12.1. The Balaban J connectivity index is 1.58. The quantitative estimate of drug-likeness (QED) is 0.132. The Hall–Kier alpha value is -2.20. The molecule has 1 heterocycles. The second-order valence-corrected chi connectivity index (χ2v) is 19.4. The maximum Gasteiger partial charge on any atom is 0.192 e. The number of benzene rings is 2. The summed E-state index contributed by atoms with van der Waals surface area (Å²) in [5.74, 6) is 1.35. The summed E-state index contributed by atoms with van der Waals surface area (Å²) in [6.07, 6.45) is 0.389. The van der Waals surface area contributed by atoms with Crippen LogP contribution in [0.15, 0.2) is 59.7 Å². The van der Waals surface area contributed by atoms with Crippen LogP contribution in [0, 0.1) is 5.41 Å². The first kappa shape index (κ1) is 34.7. The van der Waals surface area contributed by atoms with E-state index in [0.717, 1.165) is 35.1 Å². The predicted octanol–water partition coefficient (Wildman–Crippen LogP) is 7.46. The molecule has 1 saturated heterocycles. The number of epoxide rings is 1. The minimum atomic E-state index is -2.15. The van der Waals surface area contributed by atoms with Crippen LogP contribution in [0.2, 0.25) is 18.1 Å². The number of hydrogen-bond donors (Lipinski definition) is 1. The van der Waals surface area contributed by atoms with Crippen molar-refractivity contribution >= 4 is 8.32 Å². The first-order valence-corrected chi connectivity index (χ1v) is 18.7. The lowest BCUT2D eigenvalue weighted by molar-refractivity contribution is 0.0742. The van der Waals surface area contributed by atoms with Crippen LogP contribution >= 0.6 is 0 Å². The molecule has 2 aliphatic rings. The Kier molecular flexibility index (Phi) is 10.8. The van der Waals surface area contributed by atoms with Gasteiger partial charge in [0.25, 0.3) is 0 Å². The second kappa shape index (κ2) is 13.7. The number of aliphatic hydroxyl groups excluding tert-OH is 1. The summed E-state index contributed by atoms with van der Waals surface area (Å²) in [5, 5.41) is 12.1.